The third-order valence-corrected chi connectivity index (χ3v) is 3.39. The molecule has 2 N–H and O–H groups in total. The monoisotopic (exact) mass is 238 g/mol. The largest absolute Gasteiger partial charge is 0.338 e. The van der Waals surface area contributed by atoms with Crippen LogP contribution in [0.3, 0.4) is 0 Å². The molecule has 1 aromatic heterocycles. The van der Waals surface area contributed by atoms with E-state index in [2.05, 4.69) is 22.0 Å². The maximum absolute atomic E-state index is 5.48. The Balaban J connectivity index is 2.02. The molecule has 1 unspecified atom stereocenters. The van der Waals surface area contributed by atoms with E-state index >= 15 is 0 Å². The number of nitrogens with zero attached hydrogens (tertiary/aromatic N) is 3. The van der Waals surface area contributed by atoms with Gasteiger partial charge in [0.25, 0.3) is 0 Å². The fraction of sp³-hybridized carbons (Fsp3) is 0.833. The molecule has 0 amide bonds. The van der Waals surface area contributed by atoms with Gasteiger partial charge in [-0.25, -0.2) is 0 Å². The molecule has 96 valence electrons. The average Bonchev–Trinajstić information content (AvgIpc) is 2.85. The van der Waals surface area contributed by atoms with Crippen molar-refractivity contribution < 1.29 is 4.52 Å². The van der Waals surface area contributed by atoms with Crippen LogP contribution in [0.5, 0.6) is 0 Å². The number of hydrogen-bond donors (Lipinski definition) is 1. The van der Waals surface area contributed by atoms with Crippen LogP contribution < -0.4 is 5.73 Å². The molecule has 1 atom stereocenters. The Morgan fingerprint density at radius 1 is 1.47 bits per heavy atom. The quantitative estimate of drug-likeness (QED) is 0.842. The third-order valence-electron chi connectivity index (χ3n) is 3.39. The van der Waals surface area contributed by atoms with Crippen LogP contribution >= 0.6 is 0 Å². The molecule has 1 fully saturated rings. The summed E-state index contributed by atoms with van der Waals surface area (Å²) in [6, 6.07) is 0.327. The summed E-state index contributed by atoms with van der Waals surface area (Å²) in [7, 11) is 0. The Labute approximate surface area is 102 Å². The molecular weight excluding hydrogens is 216 g/mol. The van der Waals surface area contributed by atoms with Gasteiger partial charge in [0.05, 0.1) is 6.04 Å². The van der Waals surface area contributed by atoms with Crippen LogP contribution in [0.1, 0.15) is 50.4 Å². The van der Waals surface area contributed by atoms with Crippen molar-refractivity contribution in [1.82, 2.24) is 15.0 Å². The zero-order valence-corrected chi connectivity index (χ0v) is 10.6. The van der Waals surface area contributed by atoms with E-state index in [1.165, 1.54) is 12.8 Å². The molecule has 0 aliphatic carbocycles. The predicted octanol–water partition coefficient (Wildman–Crippen LogP) is 1.51. The van der Waals surface area contributed by atoms with Crippen molar-refractivity contribution in [2.24, 2.45) is 5.73 Å². The molecule has 0 radical (unpaired) electrons. The highest BCUT2D eigenvalue weighted by Crippen LogP contribution is 2.29. The highest BCUT2D eigenvalue weighted by molar-refractivity contribution is 4.95. The summed E-state index contributed by atoms with van der Waals surface area (Å²) in [5.74, 6) is 1.59. The number of nitrogens with two attached hydrogens (primary N) is 1. The van der Waals surface area contributed by atoms with E-state index in [9.17, 15) is 0 Å². The smallest absolute Gasteiger partial charge is 0.243 e. The van der Waals surface area contributed by atoms with Crippen LogP contribution in [0.15, 0.2) is 4.52 Å². The maximum atomic E-state index is 5.48. The first-order valence-electron chi connectivity index (χ1n) is 6.61. The van der Waals surface area contributed by atoms with Gasteiger partial charge in [0, 0.05) is 6.42 Å². The third kappa shape index (κ3) is 3.04. The Hall–Kier alpha value is -0.940. The standard InChI is InChI=1S/C12H22N4O/c1-2-16-9-4-3-6-10(16)12-14-11(15-17-12)7-5-8-13/h10H,2-9,13H2,1H3. The molecule has 1 aliphatic rings. The Morgan fingerprint density at radius 2 is 2.35 bits per heavy atom. The number of hydrogen-bond acceptors (Lipinski definition) is 5. The summed E-state index contributed by atoms with van der Waals surface area (Å²) >= 11 is 0. The van der Waals surface area contributed by atoms with Crippen molar-refractivity contribution >= 4 is 0 Å². The van der Waals surface area contributed by atoms with Gasteiger partial charge in [0.15, 0.2) is 5.82 Å². The zero-order valence-electron chi connectivity index (χ0n) is 10.6. The zero-order chi connectivity index (χ0) is 12.1. The van der Waals surface area contributed by atoms with Crippen molar-refractivity contribution in [2.45, 2.75) is 45.1 Å². The van der Waals surface area contributed by atoms with Crippen molar-refractivity contribution in [3.8, 4) is 0 Å². The number of aromatic nitrogens is 2. The lowest BCUT2D eigenvalue weighted by molar-refractivity contribution is 0.125. The minimum absolute atomic E-state index is 0.327. The van der Waals surface area contributed by atoms with Crippen LogP contribution in [0, 0.1) is 0 Å². The number of aryl methyl sites for hydroxylation is 1. The lowest BCUT2D eigenvalue weighted by Crippen LogP contribution is -2.33. The number of rotatable bonds is 5. The van der Waals surface area contributed by atoms with Gasteiger partial charge in [0.2, 0.25) is 5.89 Å². The van der Waals surface area contributed by atoms with Crippen molar-refractivity contribution in [2.75, 3.05) is 19.6 Å². The second kappa shape index (κ2) is 6.12. The fourth-order valence-corrected chi connectivity index (χ4v) is 2.41. The van der Waals surface area contributed by atoms with E-state index in [1.54, 1.807) is 0 Å². The van der Waals surface area contributed by atoms with Crippen molar-refractivity contribution in [1.29, 1.82) is 0 Å². The summed E-state index contributed by atoms with van der Waals surface area (Å²) in [6.07, 6.45) is 5.40. The van der Waals surface area contributed by atoms with Gasteiger partial charge in [-0.15, -0.1) is 0 Å². The SMILES string of the molecule is CCN1CCCCC1c1nc(CCCN)no1. The summed E-state index contributed by atoms with van der Waals surface area (Å²) in [6.45, 7) is 5.05. The minimum atomic E-state index is 0.327. The first-order valence-corrected chi connectivity index (χ1v) is 6.61. The second-order valence-electron chi connectivity index (χ2n) is 4.58. The normalized spacial score (nSPS) is 21.9. The summed E-state index contributed by atoms with van der Waals surface area (Å²) in [5.41, 5.74) is 5.48. The summed E-state index contributed by atoms with van der Waals surface area (Å²) in [4.78, 5) is 6.91. The van der Waals surface area contributed by atoms with Gasteiger partial charge in [-0.3, -0.25) is 4.90 Å². The minimum Gasteiger partial charge on any atom is -0.338 e. The lowest BCUT2D eigenvalue weighted by Gasteiger charge is -2.32. The molecule has 1 aromatic rings. The summed E-state index contributed by atoms with van der Waals surface area (Å²) < 4.78 is 5.39. The molecule has 5 nitrogen and oxygen atoms in total. The fourth-order valence-electron chi connectivity index (χ4n) is 2.41. The average molecular weight is 238 g/mol. The molecule has 17 heavy (non-hydrogen) atoms. The van der Waals surface area contributed by atoms with E-state index in [1.807, 2.05) is 0 Å². The van der Waals surface area contributed by atoms with Crippen LogP contribution in [-0.4, -0.2) is 34.7 Å². The molecule has 1 saturated heterocycles. The Kier molecular flexibility index (Phi) is 4.50. The van der Waals surface area contributed by atoms with Crippen LogP contribution in [0.25, 0.3) is 0 Å². The van der Waals surface area contributed by atoms with E-state index in [-0.39, 0.29) is 0 Å². The molecule has 2 heterocycles. The molecule has 0 aromatic carbocycles. The van der Waals surface area contributed by atoms with Gasteiger partial charge >= 0.3 is 0 Å². The van der Waals surface area contributed by atoms with Crippen LogP contribution in [0.4, 0.5) is 0 Å². The van der Waals surface area contributed by atoms with E-state index in [0.717, 1.165) is 44.1 Å². The predicted molar refractivity (Wildman–Crippen MR) is 65.5 cm³/mol. The topological polar surface area (TPSA) is 68.2 Å². The maximum Gasteiger partial charge on any atom is 0.243 e. The van der Waals surface area contributed by atoms with Gasteiger partial charge in [-0.2, -0.15) is 4.98 Å². The van der Waals surface area contributed by atoms with E-state index < -0.39 is 0 Å². The van der Waals surface area contributed by atoms with Gasteiger partial charge in [-0.05, 0) is 38.9 Å². The number of piperidine rings is 1. The number of likely N-dealkylation sites (tertiary alicyclic amines) is 1. The van der Waals surface area contributed by atoms with Crippen molar-refractivity contribution in [3.05, 3.63) is 11.7 Å². The molecule has 0 bridgehead atoms. The first-order chi connectivity index (χ1) is 8.35. The molecule has 2 rings (SSSR count). The van der Waals surface area contributed by atoms with Crippen molar-refractivity contribution in [3.63, 3.8) is 0 Å². The molecular formula is C12H22N4O. The van der Waals surface area contributed by atoms with Crippen LogP contribution in [0.2, 0.25) is 0 Å². The van der Waals surface area contributed by atoms with Gasteiger partial charge < -0.3 is 10.3 Å². The highest BCUT2D eigenvalue weighted by Gasteiger charge is 2.27. The van der Waals surface area contributed by atoms with E-state index in [4.69, 9.17) is 10.3 Å². The Bertz CT molecular complexity index is 339. The lowest BCUT2D eigenvalue weighted by atomic mass is 10.0. The highest BCUT2D eigenvalue weighted by atomic mass is 16.5. The first kappa shape index (κ1) is 12.5. The van der Waals surface area contributed by atoms with Crippen LogP contribution in [-0.2, 0) is 6.42 Å². The van der Waals surface area contributed by atoms with E-state index in [0.29, 0.717) is 12.6 Å². The second-order valence-corrected chi connectivity index (χ2v) is 4.58. The molecule has 0 saturated carbocycles. The Morgan fingerprint density at radius 3 is 3.12 bits per heavy atom. The molecule has 0 spiro atoms. The summed E-state index contributed by atoms with van der Waals surface area (Å²) in [5, 5.41) is 4.03. The van der Waals surface area contributed by atoms with Gasteiger partial charge in [-0.1, -0.05) is 18.5 Å². The molecule has 5 heteroatoms. The molecule has 1 aliphatic heterocycles. The van der Waals surface area contributed by atoms with Gasteiger partial charge in [0.1, 0.15) is 0 Å².